The van der Waals surface area contributed by atoms with Gasteiger partial charge in [-0.3, -0.25) is 14.4 Å². The molecule has 0 heterocycles. The van der Waals surface area contributed by atoms with Crippen LogP contribution in [0.2, 0.25) is 0 Å². The number of rotatable bonds is 9. The molecule has 2 aromatic carbocycles. The van der Waals surface area contributed by atoms with E-state index in [9.17, 15) is 14.4 Å². The van der Waals surface area contributed by atoms with Gasteiger partial charge in [0.15, 0.2) is 6.10 Å². The normalized spacial score (nSPS) is 13.4. The van der Waals surface area contributed by atoms with Crippen LogP contribution in [0.25, 0.3) is 0 Å². The third kappa shape index (κ3) is 6.20. The Morgan fingerprint density at radius 3 is 2.53 bits per heavy atom. The number of nitrogens with one attached hydrogen (secondary N) is 1. The fourth-order valence-electron chi connectivity index (χ4n) is 3.52. The largest absolute Gasteiger partial charge is 0.454 e. The van der Waals surface area contributed by atoms with Gasteiger partial charge in [0, 0.05) is 23.9 Å². The molecular weight excluding hydrogens is 398 g/mol. The van der Waals surface area contributed by atoms with Gasteiger partial charge in [0.05, 0.1) is 5.75 Å². The van der Waals surface area contributed by atoms with Crippen molar-refractivity contribution in [2.75, 3.05) is 12.3 Å². The van der Waals surface area contributed by atoms with E-state index in [1.54, 1.807) is 19.1 Å². The third-order valence-electron chi connectivity index (χ3n) is 5.13. The average molecular weight is 426 g/mol. The molecule has 1 atom stereocenters. The molecule has 1 aliphatic rings. The van der Waals surface area contributed by atoms with Crippen LogP contribution in [0.5, 0.6) is 0 Å². The van der Waals surface area contributed by atoms with Crippen molar-refractivity contribution in [1.29, 1.82) is 0 Å². The molecule has 0 radical (unpaired) electrons. The van der Waals surface area contributed by atoms with E-state index in [2.05, 4.69) is 17.4 Å². The number of esters is 1. The Kier molecular flexibility index (Phi) is 7.69. The molecule has 158 valence electrons. The van der Waals surface area contributed by atoms with Crippen LogP contribution in [0, 0.1) is 0 Å². The molecule has 0 bridgehead atoms. The molecule has 0 saturated carbocycles. The summed E-state index contributed by atoms with van der Waals surface area (Å²) in [6.07, 6.45) is 3.30. The quantitative estimate of drug-likeness (QED) is 0.376. The van der Waals surface area contributed by atoms with Crippen molar-refractivity contribution in [1.82, 2.24) is 5.32 Å². The van der Waals surface area contributed by atoms with Crippen LogP contribution in [0.3, 0.4) is 0 Å². The first-order chi connectivity index (χ1) is 14.4. The van der Waals surface area contributed by atoms with Crippen LogP contribution < -0.4 is 5.32 Å². The van der Waals surface area contributed by atoms with Crippen molar-refractivity contribution in [3.63, 3.8) is 0 Å². The summed E-state index contributed by atoms with van der Waals surface area (Å²) in [4.78, 5) is 36.7. The van der Waals surface area contributed by atoms with Crippen molar-refractivity contribution in [3.8, 4) is 0 Å². The number of ketones is 1. The highest BCUT2D eigenvalue weighted by atomic mass is 32.2. The van der Waals surface area contributed by atoms with E-state index in [0.717, 1.165) is 23.3 Å². The minimum Gasteiger partial charge on any atom is -0.454 e. The maximum absolute atomic E-state index is 12.6. The van der Waals surface area contributed by atoms with E-state index in [0.29, 0.717) is 18.5 Å². The van der Waals surface area contributed by atoms with Gasteiger partial charge in [0.2, 0.25) is 11.7 Å². The summed E-state index contributed by atoms with van der Waals surface area (Å²) in [5.74, 6) is -0.502. The van der Waals surface area contributed by atoms with Gasteiger partial charge < -0.3 is 10.1 Å². The zero-order valence-corrected chi connectivity index (χ0v) is 18.2. The van der Waals surface area contributed by atoms with Crippen LogP contribution in [0.4, 0.5) is 0 Å². The fraction of sp³-hybridized carbons (Fsp3) is 0.375. The first-order valence-corrected chi connectivity index (χ1v) is 11.2. The molecule has 0 fully saturated rings. The summed E-state index contributed by atoms with van der Waals surface area (Å²) in [5, 5.41) is 2.74. The smallest absolute Gasteiger partial charge is 0.316 e. The van der Waals surface area contributed by atoms with Gasteiger partial charge in [-0.1, -0.05) is 30.3 Å². The van der Waals surface area contributed by atoms with Crippen LogP contribution in [-0.2, 0) is 33.6 Å². The Hall–Kier alpha value is -2.60. The lowest BCUT2D eigenvalue weighted by molar-refractivity contribution is -0.143. The second-order valence-corrected chi connectivity index (χ2v) is 8.55. The van der Waals surface area contributed by atoms with E-state index in [-0.39, 0.29) is 17.4 Å². The van der Waals surface area contributed by atoms with Crippen LogP contribution in [-0.4, -0.2) is 36.1 Å². The predicted molar refractivity (Wildman–Crippen MR) is 118 cm³/mol. The van der Waals surface area contributed by atoms with Crippen LogP contribution in [0.15, 0.2) is 47.4 Å². The average Bonchev–Trinajstić information content (AvgIpc) is 3.20. The van der Waals surface area contributed by atoms with Crippen molar-refractivity contribution in [2.45, 2.75) is 50.5 Å². The molecule has 5 nitrogen and oxygen atoms in total. The van der Waals surface area contributed by atoms with Crippen LogP contribution >= 0.6 is 11.8 Å². The van der Waals surface area contributed by atoms with E-state index < -0.39 is 12.1 Å². The highest BCUT2D eigenvalue weighted by Crippen LogP contribution is 2.27. The summed E-state index contributed by atoms with van der Waals surface area (Å²) in [5.41, 5.74) is 4.31. The van der Waals surface area contributed by atoms with E-state index >= 15 is 0 Å². The number of aryl methyl sites for hydroxylation is 2. The first kappa shape index (κ1) is 22.1. The Morgan fingerprint density at radius 1 is 1.07 bits per heavy atom. The number of hydrogen-bond acceptors (Lipinski definition) is 5. The Morgan fingerprint density at radius 2 is 1.80 bits per heavy atom. The number of carbonyl (C=O) groups excluding carboxylic acids is 3. The molecule has 0 saturated heterocycles. The number of hydrogen-bond donors (Lipinski definition) is 1. The fourth-order valence-corrected chi connectivity index (χ4v) is 4.26. The van der Waals surface area contributed by atoms with Crippen LogP contribution in [0.1, 0.15) is 47.3 Å². The van der Waals surface area contributed by atoms with Gasteiger partial charge in [-0.25, -0.2) is 0 Å². The minimum absolute atomic E-state index is 0.0632. The molecule has 2 aromatic rings. The maximum atomic E-state index is 12.6. The topological polar surface area (TPSA) is 72.5 Å². The molecule has 1 aliphatic carbocycles. The summed E-state index contributed by atoms with van der Waals surface area (Å²) in [6.45, 7) is 3.64. The summed E-state index contributed by atoms with van der Waals surface area (Å²) >= 11 is 1.44. The lowest BCUT2D eigenvalue weighted by Crippen LogP contribution is -2.25. The number of thioether (sulfide) groups is 1. The van der Waals surface area contributed by atoms with Crippen molar-refractivity contribution >= 4 is 29.4 Å². The number of fused-ring (bicyclic) bond motifs is 1. The van der Waals surface area contributed by atoms with Gasteiger partial charge in [-0.15, -0.1) is 11.8 Å². The molecule has 6 heteroatoms. The van der Waals surface area contributed by atoms with Gasteiger partial charge in [-0.05, 0) is 61.4 Å². The van der Waals surface area contributed by atoms with Gasteiger partial charge in [-0.2, -0.15) is 0 Å². The predicted octanol–water partition coefficient (Wildman–Crippen LogP) is 3.76. The zero-order valence-electron chi connectivity index (χ0n) is 17.4. The monoisotopic (exact) mass is 425 g/mol. The summed E-state index contributed by atoms with van der Waals surface area (Å²) in [6, 6.07) is 13.5. The van der Waals surface area contributed by atoms with Crippen molar-refractivity contribution in [2.24, 2.45) is 0 Å². The molecule has 0 unspecified atom stereocenters. The second-order valence-electron chi connectivity index (χ2n) is 7.50. The number of benzene rings is 2. The molecule has 0 aliphatic heterocycles. The van der Waals surface area contributed by atoms with Gasteiger partial charge in [0.25, 0.3) is 0 Å². The Bertz CT molecular complexity index is 923. The lowest BCUT2D eigenvalue weighted by atomic mass is 10.0. The Labute approximate surface area is 181 Å². The van der Waals surface area contributed by atoms with Crippen molar-refractivity contribution < 1.29 is 19.1 Å². The van der Waals surface area contributed by atoms with Gasteiger partial charge >= 0.3 is 5.97 Å². The minimum atomic E-state index is -0.830. The lowest BCUT2D eigenvalue weighted by Gasteiger charge is -2.13. The number of carbonyl (C=O) groups is 3. The van der Waals surface area contributed by atoms with E-state index in [4.69, 9.17) is 4.74 Å². The second kappa shape index (κ2) is 10.4. The SMILES string of the molecule is CC(=O)NCCc1ccc(C(=O)[C@H](C)OC(=O)CSc2ccc3c(c2)CCC3)cc1. The summed E-state index contributed by atoms with van der Waals surface area (Å²) in [7, 11) is 0. The molecule has 1 amide bonds. The molecule has 1 N–H and O–H groups in total. The van der Waals surface area contributed by atoms with Gasteiger partial charge in [0.1, 0.15) is 0 Å². The van der Waals surface area contributed by atoms with E-state index in [1.807, 2.05) is 18.2 Å². The standard InChI is InChI=1S/C24H27NO4S/c1-16(24(28)20-8-6-18(7-9-20)12-13-25-17(2)26)29-23(27)15-30-22-11-10-19-4-3-5-21(19)14-22/h6-11,14,16H,3-5,12-13,15H2,1-2H3,(H,25,26)/t16-/m0/s1. The highest BCUT2D eigenvalue weighted by molar-refractivity contribution is 8.00. The van der Waals surface area contributed by atoms with Crippen molar-refractivity contribution in [3.05, 3.63) is 64.7 Å². The molecule has 3 rings (SSSR count). The molecule has 0 spiro atoms. The number of Topliss-reactive ketones (excluding diaryl/α,β-unsaturated/α-hetero) is 1. The molecular formula is C24H27NO4S. The maximum Gasteiger partial charge on any atom is 0.316 e. The Balaban J connectivity index is 1.46. The molecule has 0 aromatic heterocycles. The highest BCUT2D eigenvalue weighted by Gasteiger charge is 2.20. The molecule has 30 heavy (non-hydrogen) atoms. The number of ether oxygens (including phenoxy) is 1. The number of amides is 1. The van der Waals surface area contributed by atoms with E-state index in [1.165, 1.54) is 36.2 Å². The first-order valence-electron chi connectivity index (χ1n) is 10.2. The third-order valence-corrected chi connectivity index (χ3v) is 6.10. The summed E-state index contributed by atoms with van der Waals surface area (Å²) < 4.78 is 5.35. The zero-order chi connectivity index (χ0) is 21.5.